The number of hydrazine groups is 1. The maximum absolute atomic E-state index is 15.2. The monoisotopic (exact) mass is 505 g/mol. The third-order valence-corrected chi connectivity index (χ3v) is 6.16. The van der Waals surface area contributed by atoms with Crippen molar-refractivity contribution in [1.29, 1.82) is 0 Å². The van der Waals surface area contributed by atoms with Crippen LogP contribution in [0, 0.1) is 17.7 Å². The molecule has 2 unspecified atom stereocenters. The van der Waals surface area contributed by atoms with Crippen LogP contribution in [-0.4, -0.2) is 54.5 Å². The van der Waals surface area contributed by atoms with Crippen molar-refractivity contribution < 1.29 is 28.2 Å². The van der Waals surface area contributed by atoms with E-state index in [1.54, 1.807) is 26.8 Å². The van der Waals surface area contributed by atoms with Crippen LogP contribution < -0.4 is 26.4 Å². The van der Waals surface area contributed by atoms with E-state index in [-0.39, 0.29) is 29.5 Å². The molecule has 2 aliphatic carbocycles. The second-order valence-electron chi connectivity index (χ2n) is 11.8. The van der Waals surface area contributed by atoms with Crippen LogP contribution in [-0.2, 0) is 9.47 Å². The summed E-state index contributed by atoms with van der Waals surface area (Å²) in [6.07, 6.45) is 0.687. The summed E-state index contributed by atoms with van der Waals surface area (Å²) in [6.45, 7) is 11.8. The summed E-state index contributed by atoms with van der Waals surface area (Å²) in [6, 6.07) is 3.08. The number of nitrogens with one attached hydrogen (secondary N) is 4. The molecular weight excluding hydrogens is 469 g/mol. The van der Waals surface area contributed by atoms with Crippen LogP contribution in [0.25, 0.3) is 0 Å². The van der Waals surface area contributed by atoms with Gasteiger partial charge in [-0.25, -0.2) is 19.4 Å². The number of amides is 3. The average molecular weight is 506 g/mol. The Morgan fingerprint density at radius 1 is 0.917 bits per heavy atom. The van der Waals surface area contributed by atoms with E-state index in [4.69, 9.17) is 9.47 Å². The number of carbonyl (C=O) groups is 3. The van der Waals surface area contributed by atoms with E-state index in [9.17, 15) is 14.4 Å². The van der Waals surface area contributed by atoms with Crippen molar-refractivity contribution in [3.05, 3.63) is 23.5 Å². The molecule has 1 aliphatic heterocycles. The maximum atomic E-state index is 15.2. The molecule has 11 heteroatoms. The molecule has 0 bridgehead atoms. The number of ether oxygens (including phenoxy) is 2. The topological polar surface area (TPSA) is 121 Å². The highest BCUT2D eigenvalue weighted by Gasteiger charge is 2.57. The number of hydrogen-bond donors (Lipinski definition) is 4. The van der Waals surface area contributed by atoms with Gasteiger partial charge in [-0.3, -0.25) is 10.2 Å². The number of hydrogen-bond acceptors (Lipinski definition) is 7. The predicted octanol–water partition coefficient (Wildman–Crippen LogP) is 3.53. The Labute approximate surface area is 210 Å². The van der Waals surface area contributed by atoms with Crippen molar-refractivity contribution in [2.75, 3.05) is 23.3 Å². The van der Waals surface area contributed by atoms with E-state index in [1.807, 2.05) is 25.7 Å². The molecule has 2 saturated carbocycles. The second kappa shape index (κ2) is 9.33. The normalized spacial score (nSPS) is 22.9. The maximum Gasteiger partial charge on any atom is 0.426 e. The van der Waals surface area contributed by atoms with Crippen molar-refractivity contribution in [3.63, 3.8) is 0 Å². The summed E-state index contributed by atoms with van der Waals surface area (Å²) in [5, 5.41) is 6.20. The van der Waals surface area contributed by atoms with Gasteiger partial charge in [0.2, 0.25) is 0 Å². The van der Waals surface area contributed by atoms with Crippen molar-refractivity contribution in [2.45, 2.75) is 77.7 Å². The summed E-state index contributed by atoms with van der Waals surface area (Å²) >= 11 is 0. The molecular formula is C25H36FN5O5. The Kier molecular flexibility index (Phi) is 6.70. The van der Waals surface area contributed by atoms with E-state index in [1.165, 1.54) is 6.07 Å². The third kappa shape index (κ3) is 6.50. The summed E-state index contributed by atoms with van der Waals surface area (Å²) in [4.78, 5) is 38.7. The van der Waals surface area contributed by atoms with Crippen molar-refractivity contribution >= 4 is 29.5 Å². The number of piperidine rings is 1. The smallest absolute Gasteiger partial charge is 0.426 e. The molecule has 36 heavy (non-hydrogen) atoms. The molecule has 1 aromatic carbocycles. The van der Waals surface area contributed by atoms with Crippen molar-refractivity contribution in [2.24, 2.45) is 11.8 Å². The number of fused-ring (bicyclic) bond motifs is 1. The van der Waals surface area contributed by atoms with E-state index in [0.717, 1.165) is 12.8 Å². The minimum atomic E-state index is -0.810. The molecule has 2 atom stereocenters. The first-order valence-corrected chi connectivity index (χ1v) is 12.3. The standard InChI is InChI=1S/C25H36FN5O5/c1-24(2,3)35-22(33)28-20-15-11-31(12-16(15)20)19-10-18(27-13-7-8-13)14(9-17(19)26)21(32)29-30-23(34)36-25(4,5)6/h9-10,13,15-16,20,27H,7-8,11-12H2,1-6H3,(H,28,33)(H,29,32)(H,30,34). The number of halogens is 1. The first-order valence-electron chi connectivity index (χ1n) is 12.3. The zero-order valence-corrected chi connectivity index (χ0v) is 21.7. The summed E-state index contributed by atoms with van der Waals surface area (Å²) in [5.41, 5.74) is 4.20. The van der Waals surface area contributed by atoms with Gasteiger partial charge in [0.25, 0.3) is 5.91 Å². The molecule has 3 amide bonds. The lowest BCUT2D eigenvalue weighted by Gasteiger charge is -2.25. The largest absolute Gasteiger partial charge is 0.444 e. The fraction of sp³-hybridized carbons (Fsp3) is 0.640. The second-order valence-corrected chi connectivity index (χ2v) is 11.8. The summed E-state index contributed by atoms with van der Waals surface area (Å²) in [5.74, 6) is -0.743. The first-order chi connectivity index (χ1) is 16.7. The van der Waals surface area contributed by atoms with Gasteiger partial charge < -0.3 is 25.0 Å². The minimum Gasteiger partial charge on any atom is -0.444 e. The lowest BCUT2D eigenvalue weighted by molar-refractivity contribution is 0.0481. The van der Waals surface area contributed by atoms with Gasteiger partial charge in [-0.15, -0.1) is 0 Å². The van der Waals surface area contributed by atoms with Gasteiger partial charge in [-0.1, -0.05) is 0 Å². The molecule has 1 heterocycles. The van der Waals surface area contributed by atoms with E-state index >= 15 is 4.39 Å². The van der Waals surface area contributed by atoms with Gasteiger partial charge in [-0.2, -0.15) is 0 Å². The molecule has 3 aliphatic rings. The number of benzene rings is 1. The average Bonchev–Trinajstić information content (AvgIpc) is 3.61. The molecule has 1 aromatic rings. The highest BCUT2D eigenvalue weighted by Crippen LogP contribution is 2.48. The van der Waals surface area contributed by atoms with Gasteiger partial charge in [0.15, 0.2) is 0 Å². The van der Waals surface area contributed by atoms with Crippen LogP contribution in [0.3, 0.4) is 0 Å². The van der Waals surface area contributed by atoms with E-state index in [0.29, 0.717) is 24.5 Å². The lowest BCUT2D eigenvalue weighted by Crippen LogP contribution is -2.44. The number of anilines is 2. The van der Waals surface area contributed by atoms with Crippen LogP contribution >= 0.6 is 0 Å². The lowest BCUT2D eigenvalue weighted by atomic mass is 10.1. The Balaban J connectivity index is 1.40. The van der Waals surface area contributed by atoms with Crippen molar-refractivity contribution in [3.8, 4) is 0 Å². The molecule has 4 rings (SSSR count). The predicted molar refractivity (Wildman–Crippen MR) is 132 cm³/mol. The van der Waals surface area contributed by atoms with E-state index in [2.05, 4.69) is 21.5 Å². The number of rotatable bonds is 5. The summed E-state index contributed by atoms with van der Waals surface area (Å²) < 4.78 is 25.6. The Morgan fingerprint density at radius 2 is 1.50 bits per heavy atom. The van der Waals surface area contributed by atoms with Gasteiger partial charge >= 0.3 is 12.2 Å². The fourth-order valence-electron chi connectivity index (χ4n) is 4.42. The third-order valence-electron chi connectivity index (χ3n) is 6.16. The van der Waals surface area contributed by atoms with Crippen LogP contribution in [0.4, 0.5) is 25.4 Å². The Hall–Kier alpha value is -3.24. The van der Waals surface area contributed by atoms with Crippen LogP contribution in [0.5, 0.6) is 0 Å². The quantitative estimate of drug-likeness (QED) is 0.452. The summed E-state index contributed by atoms with van der Waals surface area (Å²) in [7, 11) is 0. The fourth-order valence-corrected chi connectivity index (χ4v) is 4.42. The molecule has 10 nitrogen and oxygen atoms in total. The number of nitrogens with zero attached hydrogens (tertiary/aromatic N) is 1. The van der Waals surface area contributed by atoms with Gasteiger partial charge in [0.05, 0.1) is 11.3 Å². The highest BCUT2D eigenvalue weighted by molar-refractivity contribution is 6.01. The van der Waals surface area contributed by atoms with Crippen molar-refractivity contribution in [1.82, 2.24) is 16.2 Å². The van der Waals surface area contributed by atoms with Gasteiger partial charge in [0.1, 0.15) is 17.0 Å². The molecule has 3 fully saturated rings. The zero-order chi connectivity index (χ0) is 26.4. The zero-order valence-electron chi connectivity index (χ0n) is 21.7. The number of carbonyl (C=O) groups excluding carboxylic acids is 3. The van der Waals surface area contributed by atoms with E-state index < -0.39 is 35.1 Å². The molecule has 4 N–H and O–H groups in total. The molecule has 198 valence electrons. The Bertz CT molecular complexity index is 1030. The minimum absolute atomic E-state index is 0.0206. The van der Waals surface area contributed by atoms with Crippen LogP contribution in [0.2, 0.25) is 0 Å². The van der Waals surface area contributed by atoms with Crippen LogP contribution in [0.1, 0.15) is 64.7 Å². The number of alkyl carbamates (subject to hydrolysis) is 1. The van der Waals surface area contributed by atoms with Crippen LogP contribution in [0.15, 0.2) is 12.1 Å². The first kappa shape index (κ1) is 25.8. The highest BCUT2D eigenvalue weighted by atomic mass is 19.1. The van der Waals surface area contributed by atoms with Gasteiger partial charge in [-0.05, 0) is 66.5 Å². The molecule has 1 saturated heterocycles. The molecule has 0 aromatic heterocycles. The van der Waals surface area contributed by atoms with Gasteiger partial charge in [0, 0.05) is 42.7 Å². The molecule has 0 radical (unpaired) electrons. The molecule has 0 spiro atoms. The SMILES string of the molecule is CC(C)(C)OC(=O)NNC(=O)c1cc(F)c(N2CC3C(C2)C3NC(=O)OC(C)(C)C)cc1NC1CC1. The Morgan fingerprint density at radius 3 is 2.06 bits per heavy atom.